The first-order chi connectivity index (χ1) is 7.50. The Hall–Kier alpha value is -1.58. The van der Waals surface area contributed by atoms with E-state index in [0.717, 1.165) is 5.69 Å². The van der Waals surface area contributed by atoms with Crippen LogP contribution in [0.25, 0.3) is 0 Å². The molecule has 1 aliphatic rings. The van der Waals surface area contributed by atoms with Crippen LogP contribution in [0.4, 0.5) is 11.4 Å². The third-order valence-electron chi connectivity index (χ3n) is 3.30. The highest BCUT2D eigenvalue weighted by Crippen LogP contribution is 2.35. The largest absolute Gasteiger partial charge is 0.380 e. The molecule has 0 aromatic heterocycles. The van der Waals surface area contributed by atoms with Gasteiger partial charge >= 0.3 is 0 Å². The van der Waals surface area contributed by atoms with Crippen molar-refractivity contribution in [1.82, 2.24) is 0 Å². The molecule has 16 heavy (non-hydrogen) atoms. The molecular weight excluding hydrogens is 204 g/mol. The summed E-state index contributed by atoms with van der Waals surface area (Å²) >= 11 is 0. The standard InChI is InChI=1S/C12H16N2O2/c1-9-8-10(4-5-11(9)14(15)16)13-12(2)6-3-7-12/h4-5,8,13H,3,6-7H2,1-2H3. The quantitative estimate of drug-likeness (QED) is 0.628. The van der Waals surface area contributed by atoms with Gasteiger partial charge in [-0.15, -0.1) is 0 Å². The Labute approximate surface area is 94.8 Å². The summed E-state index contributed by atoms with van der Waals surface area (Å²) in [5.74, 6) is 0. The lowest BCUT2D eigenvalue weighted by atomic mass is 9.78. The van der Waals surface area contributed by atoms with E-state index in [0.29, 0.717) is 5.56 Å². The molecule has 1 N–H and O–H groups in total. The highest BCUT2D eigenvalue weighted by molar-refractivity contribution is 5.54. The maximum absolute atomic E-state index is 10.7. The molecule has 1 aromatic rings. The molecular formula is C12H16N2O2. The molecule has 1 aliphatic carbocycles. The summed E-state index contributed by atoms with van der Waals surface area (Å²) in [7, 11) is 0. The predicted octanol–water partition coefficient (Wildman–Crippen LogP) is 3.26. The van der Waals surface area contributed by atoms with Gasteiger partial charge in [0.2, 0.25) is 0 Å². The molecule has 0 saturated heterocycles. The van der Waals surface area contributed by atoms with Crippen molar-refractivity contribution in [3.05, 3.63) is 33.9 Å². The molecule has 4 nitrogen and oxygen atoms in total. The molecule has 1 saturated carbocycles. The second-order valence-corrected chi connectivity index (χ2v) is 4.80. The summed E-state index contributed by atoms with van der Waals surface area (Å²) in [6.07, 6.45) is 3.60. The van der Waals surface area contributed by atoms with E-state index in [1.54, 1.807) is 19.1 Å². The van der Waals surface area contributed by atoms with E-state index >= 15 is 0 Å². The Morgan fingerprint density at radius 2 is 2.12 bits per heavy atom. The summed E-state index contributed by atoms with van der Waals surface area (Å²) in [4.78, 5) is 10.3. The van der Waals surface area contributed by atoms with Gasteiger partial charge in [0.15, 0.2) is 0 Å². The van der Waals surface area contributed by atoms with Crippen LogP contribution in [0.1, 0.15) is 31.7 Å². The zero-order valence-electron chi connectivity index (χ0n) is 9.62. The number of anilines is 1. The number of hydrogen-bond acceptors (Lipinski definition) is 3. The zero-order valence-corrected chi connectivity index (χ0v) is 9.62. The van der Waals surface area contributed by atoms with Gasteiger partial charge in [-0.25, -0.2) is 0 Å². The van der Waals surface area contributed by atoms with Crippen LogP contribution in [-0.2, 0) is 0 Å². The maximum atomic E-state index is 10.7. The Bertz CT molecular complexity index is 425. The lowest BCUT2D eigenvalue weighted by Gasteiger charge is -2.40. The normalized spacial score (nSPS) is 17.6. The third kappa shape index (κ3) is 2.01. The van der Waals surface area contributed by atoms with Crippen molar-refractivity contribution in [2.45, 2.75) is 38.6 Å². The second-order valence-electron chi connectivity index (χ2n) is 4.80. The predicted molar refractivity (Wildman–Crippen MR) is 63.7 cm³/mol. The van der Waals surface area contributed by atoms with Crippen LogP contribution in [-0.4, -0.2) is 10.5 Å². The number of benzene rings is 1. The highest BCUT2D eigenvalue weighted by atomic mass is 16.6. The van der Waals surface area contributed by atoms with Crippen LogP contribution >= 0.6 is 0 Å². The van der Waals surface area contributed by atoms with Crippen molar-refractivity contribution >= 4 is 11.4 Å². The number of nitro benzene ring substituents is 1. The molecule has 0 aliphatic heterocycles. The number of nitrogens with zero attached hydrogens (tertiary/aromatic N) is 1. The van der Waals surface area contributed by atoms with E-state index in [1.807, 2.05) is 6.07 Å². The number of rotatable bonds is 3. The first-order valence-electron chi connectivity index (χ1n) is 5.53. The molecule has 86 valence electrons. The maximum Gasteiger partial charge on any atom is 0.272 e. The lowest BCUT2D eigenvalue weighted by molar-refractivity contribution is -0.385. The molecule has 0 spiro atoms. The van der Waals surface area contributed by atoms with Crippen molar-refractivity contribution in [2.75, 3.05) is 5.32 Å². The van der Waals surface area contributed by atoms with Gasteiger partial charge in [-0.3, -0.25) is 10.1 Å². The van der Waals surface area contributed by atoms with Gasteiger partial charge in [-0.05, 0) is 45.2 Å². The average Bonchev–Trinajstić information content (AvgIpc) is 2.14. The minimum atomic E-state index is -0.343. The Morgan fingerprint density at radius 1 is 1.44 bits per heavy atom. The minimum absolute atomic E-state index is 0.183. The van der Waals surface area contributed by atoms with Gasteiger partial charge < -0.3 is 5.32 Å². The molecule has 1 aromatic carbocycles. The van der Waals surface area contributed by atoms with E-state index in [4.69, 9.17) is 0 Å². The Balaban J connectivity index is 2.18. The zero-order chi connectivity index (χ0) is 11.8. The summed E-state index contributed by atoms with van der Waals surface area (Å²) in [6, 6.07) is 5.20. The second kappa shape index (κ2) is 3.77. The van der Waals surface area contributed by atoms with Crippen LogP contribution in [0.15, 0.2) is 18.2 Å². The van der Waals surface area contributed by atoms with E-state index in [2.05, 4.69) is 12.2 Å². The molecule has 0 amide bonds. The van der Waals surface area contributed by atoms with E-state index in [9.17, 15) is 10.1 Å². The fourth-order valence-corrected chi connectivity index (χ4v) is 2.12. The number of aryl methyl sites for hydroxylation is 1. The minimum Gasteiger partial charge on any atom is -0.380 e. The van der Waals surface area contributed by atoms with Crippen LogP contribution in [0.2, 0.25) is 0 Å². The molecule has 1 fully saturated rings. The van der Waals surface area contributed by atoms with Gasteiger partial charge in [0, 0.05) is 22.9 Å². The molecule has 0 heterocycles. The van der Waals surface area contributed by atoms with E-state index in [-0.39, 0.29) is 16.1 Å². The summed E-state index contributed by atoms with van der Waals surface area (Å²) in [6.45, 7) is 3.96. The van der Waals surface area contributed by atoms with Gasteiger partial charge in [0.05, 0.1) is 4.92 Å². The van der Waals surface area contributed by atoms with Crippen molar-refractivity contribution in [2.24, 2.45) is 0 Å². The van der Waals surface area contributed by atoms with Gasteiger partial charge in [-0.2, -0.15) is 0 Å². The molecule has 2 rings (SSSR count). The fraction of sp³-hybridized carbons (Fsp3) is 0.500. The number of nitrogens with one attached hydrogen (secondary N) is 1. The third-order valence-corrected chi connectivity index (χ3v) is 3.30. The van der Waals surface area contributed by atoms with Crippen molar-refractivity contribution < 1.29 is 4.92 Å². The van der Waals surface area contributed by atoms with Crippen molar-refractivity contribution in [3.63, 3.8) is 0 Å². The topological polar surface area (TPSA) is 55.2 Å². The molecule has 0 unspecified atom stereocenters. The monoisotopic (exact) mass is 220 g/mol. The number of nitro groups is 1. The molecule has 4 heteroatoms. The average molecular weight is 220 g/mol. The number of hydrogen-bond donors (Lipinski definition) is 1. The highest BCUT2D eigenvalue weighted by Gasteiger charge is 2.31. The first kappa shape index (κ1) is 10.9. The van der Waals surface area contributed by atoms with Gasteiger partial charge in [0.1, 0.15) is 0 Å². The van der Waals surface area contributed by atoms with Gasteiger partial charge in [0.25, 0.3) is 5.69 Å². The smallest absolute Gasteiger partial charge is 0.272 e. The SMILES string of the molecule is Cc1cc(NC2(C)CCC2)ccc1[N+](=O)[O-]. The lowest BCUT2D eigenvalue weighted by Crippen LogP contribution is -2.41. The van der Waals surface area contributed by atoms with Crippen molar-refractivity contribution in [3.8, 4) is 0 Å². The first-order valence-corrected chi connectivity index (χ1v) is 5.53. The van der Waals surface area contributed by atoms with Crippen LogP contribution in [0.3, 0.4) is 0 Å². The summed E-state index contributed by atoms with van der Waals surface area (Å²) in [5.41, 5.74) is 2.05. The molecule has 0 atom stereocenters. The molecule has 0 radical (unpaired) electrons. The molecule has 0 bridgehead atoms. The fourth-order valence-electron chi connectivity index (χ4n) is 2.12. The Kier molecular flexibility index (Phi) is 2.58. The van der Waals surface area contributed by atoms with Crippen molar-refractivity contribution in [1.29, 1.82) is 0 Å². The summed E-state index contributed by atoms with van der Waals surface area (Å²) in [5, 5.41) is 14.1. The van der Waals surface area contributed by atoms with Crippen LogP contribution in [0, 0.1) is 17.0 Å². The Morgan fingerprint density at radius 3 is 2.56 bits per heavy atom. The van der Waals surface area contributed by atoms with Gasteiger partial charge in [-0.1, -0.05) is 0 Å². The summed E-state index contributed by atoms with van der Waals surface area (Å²) < 4.78 is 0. The van der Waals surface area contributed by atoms with Crippen LogP contribution < -0.4 is 5.32 Å². The van der Waals surface area contributed by atoms with E-state index in [1.165, 1.54) is 19.3 Å². The van der Waals surface area contributed by atoms with Crippen LogP contribution in [0.5, 0.6) is 0 Å². The van der Waals surface area contributed by atoms with E-state index < -0.39 is 0 Å².